The summed E-state index contributed by atoms with van der Waals surface area (Å²) >= 11 is 0. The molecule has 108 valence electrons. The van der Waals surface area contributed by atoms with Crippen LogP contribution < -0.4 is 5.32 Å². The molecule has 2 atom stereocenters. The van der Waals surface area contributed by atoms with Gasteiger partial charge in [-0.25, -0.2) is 0 Å². The minimum atomic E-state index is -0.567. The van der Waals surface area contributed by atoms with Gasteiger partial charge in [-0.2, -0.15) is 0 Å². The van der Waals surface area contributed by atoms with E-state index >= 15 is 0 Å². The largest absolute Gasteiger partial charge is 0.339 e. The molecule has 1 N–H and O–H groups in total. The lowest BCUT2D eigenvalue weighted by molar-refractivity contribution is -0.148. The standard InChI is InChI=1S/C16H22N2O2/c1-11(16(2,3)4)18-10-13(19)17-14(15(18)20)12-8-6-5-7-9-12/h5-9,11,14H,10H2,1-4H3,(H,17,19). The summed E-state index contributed by atoms with van der Waals surface area (Å²) in [7, 11) is 0. The van der Waals surface area contributed by atoms with Crippen LogP contribution in [0.4, 0.5) is 0 Å². The minimum Gasteiger partial charge on any atom is -0.339 e. The summed E-state index contributed by atoms with van der Waals surface area (Å²) < 4.78 is 0. The Balaban J connectivity index is 2.29. The quantitative estimate of drug-likeness (QED) is 0.898. The highest BCUT2D eigenvalue weighted by Gasteiger charge is 2.39. The fourth-order valence-corrected chi connectivity index (χ4v) is 2.33. The van der Waals surface area contributed by atoms with Crippen molar-refractivity contribution in [3.8, 4) is 0 Å². The Kier molecular flexibility index (Phi) is 3.84. The zero-order valence-electron chi connectivity index (χ0n) is 12.5. The zero-order valence-corrected chi connectivity index (χ0v) is 12.5. The summed E-state index contributed by atoms with van der Waals surface area (Å²) in [5.74, 6) is -0.132. The van der Waals surface area contributed by atoms with Gasteiger partial charge in [0.2, 0.25) is 5.91 Å². The Morgan fingerprint density at radius 1 is 1.20 bits per heavy atom. The molecule has 0 saturated carbocycles. The number of carbonyl (C=O) groups excluding carboxylic acids is 2. The summed E-state index contributed by atoms with van der Waals surface area (Å²) in [6, 6.07) is 8.83. The molecule has 2 rings (SSSR count). The SMILES string of the molecule is CC(N1CC(=O)NC(c2ccccc2)C1=O)C(C)(C)C. The van der Waals surface area contributed by atoms with Crippen molar-refractivity contribution in [2.45, 2.75) is 39.8 Å². The number of benzene rings is 1. The van der Waals surface area contributed by atoms with E-state index in [1.807, 2.05) is 37.3 Å². The van der Waals surface area contributed by atoms with Gasteiger partial charge in [0.05, 0.1) is 6.54 Å². The van der Waals surface area contributed by atoms with Gasteiger partial charge in [0, 0.05) is 6.04 Å². The molecule has 1 fully saturated rings. The van der Waals surface area contributed by atoms with E-state index in [0.717, 1.165) is 5.56 Å². The van der Waals surface area contributed by atoms with E-state index in [9.17, 15) is 9.59 Å². The Hall–Kier alpha value is -1.84. The molecule has 4 nitrogen and oxygen atoms in total. The second kappa shape index (κ2) is 5.27. The lowest BCUT2D eigenvalue weighted by Gasteiger charge is -2.42. The van der Waals surface area contributed by atoms with Gasteiger partial charge >= 0.3 is 0 Å². The first-order chi connectivity index (χ1) is 9.30. The average molecular weight is 274 g/mol. The normalized spacial score (nSPS) is 21.6. The van der Waals surface area contributed by atoms with Crippen LogP contribution in [0, 0.1) is 5.41 Å². The van der Waals surface area contributed by atoms with Gasteiger partial charge in [-0.3, -0.25) is 9.59 Å². The fraction of sp³-hybridized carbons (Fsp3) is 0.500. The van der Waals surface area contributed by atoms with Crippen molar-refractivity contribution < 1.29 is 9.59 Å². The van der Waals surface area contributed by atoms with Crippen molar-refractivity contribution in [1.82, 2.24) is 10.2 Å². The third-order valence-electron chi connectivity index (χ3n) is 4.00. The number of piperazine rings is 1. The van der Waals surface area contributed by atoms with E-state index in [2.05, 4.69) is 26.1 Å². The molecule has 1 aliphatic heterocycles. The summed E-state index contributed by atoms with van der Waals surface area (Å²) in [4.78, 5) is 26.3. The van der Waals surface area contributed by atoms with Crippen molar-refractivity contribution in [2.24, 2.45) is 5.41 Å². The molecule has 2 amide bonds. The lowest BCUT2D eigenvalue weighted by Crippen LogP contribution is -2.58. The van der Waals surface area contributed by atoms with E-state index in [-0.39, 0.29) is 29.8 Å². The Morgan fingerprint density at radius 2 is 1.80 bits per heavy atom. The van der Waals surface area contributed by atoms with Crippen molar-refractivity contribution in [1.29, 1.82) is 0 Å². The van der Waals surface area contributed by atoms with Crippen molar-refractivity contribution in [3.63, 3.8) is 0 Å². The molecule has 0 aromatic heterocycles. The number of carbonyl (C=O) groups is 2. The molecule has 2 unspecified atom stereocenters. The fourth-order valence-electron chi connectivity index (χ4n) is 2.33. The lowest BCUT2D eigenvalue weighted by atomic mass is 9.86. The van der Waals surface area contributed by atoms with E-state index in [0.29, 0.717) is 0 Å². The van der Waals surface area contributed by atoms with Crippen LogP contribution in [0.1, 0.15) is 39.3 Å². The topological polar surface area (TPSA) is 49.4 Å². The van der Waals surface area contributed by atoms with Crippen LogP contribution in [0.3, 0.4) is 0 Å². The molecule has 0 aliphatic carbocycles. The monoisotopic (exact) mass is 274 g/mol. The van der Waals surface area contributed by atoms with E-state index < -0.39 is 6.04 Å². The molecule has 1 saturated heterocycles. The maximum atomic E-state index is 12.7. The second-order valence-electron chi connectivity index (χ2n) is 6.42. The molecule has 1 heterocycles. The molecule has 1 aliphatic rings. The van der Waals surface area contributed by atoms with Crippen molar-refractivity contribution in [3.05, 3.63) is 35.9 Å². The van der Waals surface area contributed by atoms with Gasteiger partial charge in [-0.05, 0) is 17.9 Å². The smallest absolute Gasteiger partial charge is 0.250 e. The van der Waals surface area contributed by atoms with Gasteiger partial charge < -0.3 is 10.2 Å². The first-order valence-corrected chi connectivity index (χ1v) is 6.95. The summed E-state index contributed by atoms with van der Waals surface area (Å²) in [5.41, 5.74) is 0.769. The van der Waals surface area contributed by atoms with Crippen LogP contribution >= 0.6 is 0 Å². The molecule has 1 aromatic rings. The molecule has 0 spiro atoms. The van der Waals surface area contributed by atoms with Crippen LogP contribution in [-0.4, -0.2) is 29.3 Å². The summed E-state index contributed by atoms with van der Waals surface area (Å²) in [5, 5.41) is 2.79. The van der Waals surface area contributed by atoms with Gasteiger partial charge in [0.25, 0.3) is 5.91 Å². The average Bonchev–Trinajstić information content (AvgIpc) is 2.40. The van der Waals surface area contributed by atoms with E-state index in [4.69, 9.17) is 0 Å². The summed E-state index contributed by atoms with van der Waals surface area (Å²) in [6.07, 6.45) is 0. The van der Waals surface area contributed by atoms with Crippen LogP contribution in [0.25, 0.3) is 0 Å². The first kappa shape index (κ1) is 14.6. The highest BCUT2D eigenvalue weighted by atomic mass is 16.2. The van der Waals surface area contributed by atoms with Gasteiger partial charge in [0.15, 0.2) is 0 Å². The molecular weight excluding hydrogens is 252 g/mol. The first-order valence-electron chi connectivity index (χ1n) is 6.95. The van der Waals surface area contributed by atoms with Crippen LogP contribution in [0.2, 0.25) is 0 Å². The number of rotatable bonds is 2. The highest BCUT2D eigenvalue weighted by molar-refractivity contribution is 5.95. The molecular formula is C16H22N2O2. The van der Waals surface area contributed by atoms with E-state index in [1.54, 1.807) is 4.90 Å². The minimum absolute atomic E-state index is 0.00672. The number of amides is 2. The van der Waals surface area contributed by atoms with Gasteiger partial charge in [-0.15, -0.1) is 0 Å². The number of nitrogens with zero attached hydrogens (tertiary/aromatic N) is 1. The molecule has 0 radical (unpaired) electrons. The molecule has 0 bridgehead atoms. The zero-order chi connectivity index (χ0) is 14.9. The van der Waals surface area contributed by atoms with Gasteiger partial charge in [0.1, 0.15) is 6.04 Å². The van der Waals surface area contributed by atoms with Crippen molar-refractivity contribution >= 4 is 11.8 Å². The number of nitrogens with one attached hydrogen (secondary N) is 1. The maximum absolute atomic E-state index is 12.7. The predicted octanol–water partition coefficient (Wildman–Crippen LogP) is 2.12. The van der Waals surface area contributed by atoms with Crippen molar-refractivity contribution in [2.75, 3.05) is 6.54 Å². The van der Waals surface area contributed by atoms with Crippen LogP contribution in [0.5, 0.6) is 0 Å². The highest BCUT2D eigenvalue weighted by Crippen LogP contribution is 2.28. The Morgan fingerprint density at radius 3 is 2.35 bits per heavy atom. The van der Waals surface area contributed by atoms with Gasteiger partial charge in [-0.1, -0.05) is 51.1 Å². The third kappa shape index (κ3) is 2.84. The maximum Gasteiger partial charge on any atom is 0.250 e. The van der Waals surface area contributed by atoms with Crippen LogP contribution in [-0.2, 0) is 9.59 Å². The summed E-state index contributed by atoms with van der Waals surface area (Å²) in [6.45, 7) is 8.37. The number of hydrogen-bond donors (Lipinski definition) is 1. The second-order valence-corrected chi connectivity index (χ2v) is 6.42. The third-order valence-corrected chi connectivity index (χ3v) is 4.00. The Labute approximate surface area is 120 Å². The molecule has 20 heavy (non-hydrogen) atoms. The van der Waals surface area contributed by atoms with E-state index in [1.165, 1.54) is 0 Å². The molecule has 4 heteroatoms. The predicted molar refractivity (Wildman–Crippen MR) is 78.0 cm³/mol. The Bertz CT molecular complexity index is 505. The van der Waals surface area contributed by atoms with Crippen LogP contribution in [0.15, 0.2) is 30.3 Å². The number of hydrogen-bond acceptors (Lipinski definition) is 2. The molecule has 1 aromatic carbocycles.